The molecule has 0 aromatic carbocycles. The lowest BCUT2D eigenvalue weighted by Crippen LogP contribution is -2.23. The van der Waals surface area contributed by atoms with Crippen LogP contribution in [0, 0.1) is 0 Å². The largest absolute Gasteiger partial charge is 0.291 e. The molecule has 3 heterocycles. The monoisotopic (exact) mass is 230 g/mol. The summed E-state index contributed by atoms with van der Waals surface area (Å²) < 4.78 is 1.91. The summed E-state index contributed by atoms with van der Waals surface area (Å²) in [6, 6.07) is 3.72. The van der Waals surface area contributed by atoms with E-state index in [0.29, 0.717) is 9.49 Å². The van der Waals surface area contributed by atoms with E-state index in [4.69, 9.17) is 0 Å². The minimum absolute atomic E-state index is 0.138. The lowest BCUT2D eigenvalue weighted by molar-refractivity contribution is 0.932. The van der Waals surface area contributed by atoms with Gasteiger partial charge in [-0.05, 0) is 17.7 Å². The summed E-state index contributed by atoms with van der Waals surface area (Å²) in [5, 5.41) is 3.85. The zero-order chi connectivity index (χ0) is 11.0. The standard InChI is InChI=1S/C10H6N4OS/c15-9-8(4-7-2-1-3-11-5-7)16-10-12-6-13-14(9)10/h1-6H/b8-4-. The van der Waals surface area contributed by atoms with Crippen molar-refractivity contribution in [3.8, 4) is 0 Å². The maximum absolute atomic E-state index is 11.8. The second-order valence-corrected chi connectivity index (χ2v) is 4.17. The van der Waals surface area contributed by atoms with Gasteiger partial charge in [-0.2, -0.15) is 9.61 Å². The van der Waals surface area contributed by atoms with Crippen LogP contribution in [0.2, 0.25) is 0 Å². The molecule has 16 heavy (non-hydrogen) atoms. The fourth-order valence-corrected chi connectivity index (χ4v) is 2.27. The van der Waals surface area contributed by atoms with Crippen molar-refractivity contribution in [2.75, 3.05) is 0 Å². The highest BCUT2D eigenvalue weighted by atomic mass is 32.1. The zero-order valence-corrected chi connectivity index (χ0v) is 8.89. The Morgan fingerprint density at radius 3 is 3.12 bits per heavy atom. The molecule has 6 heteroatoms. The van der Waals surface area contributed by atoms with E-state index in [-0.39, 0.29) is 5.56 Å². The second kappa shape index (κ2) is 3.49. The van der Waals surface area contributed by atoms with Crippen molar-refractivity contribution in [3.63, 3.8) is 0 Å². The predicted octanol–water partition coefficient (Wildman–Crippen LogP) is 0.0937. The summed E-state index contributed by atoms with van der Waals surface area (Å²) >= 11 is 1.32. The quantitative estimate of drug-likeness (QED) is 0.594. The van der Waals surface area contributed by atoms with E-state index >= 15 is 0 Å². The van der Waals surface area contributed by atoms with Crippen molar-refractivity contribution >= 4 is 22.4 Å². The topological polar surface area (TPSA) is 60.2 Å². The van der Waals surface area contributed by atoms with Crippen molar-refractivity contribution in [1.82, 2.24) is 19.6 Å². The summed E-state index contributed by atoms with van der Waals surface area (Å²) in [5.74, 6) is 0. The minimum atomic E-state index is -0.138. The van der Waals surface area contributed by atoms with Gasteiger partial charge in [0.15, 0.2) is 0 Å². The molecular weight excluding hydrogens is 224 g/mol. The summed E-state index contributed by atoms with van der Waals surface area (Å²) in [6.45, 7) is 0. The van der Waals surface area contributed by atoms with Gasteiger partial charge in [0.1, 0.15) is 6.33 Å². The molecule has 0 spiro atoms. The number of thiazole rings is 1. The molecule has 0 aliphatic rings. The molecule has 0 saturated heterocycles. The molecule has 0 saturated carbocycles. The van der Waals surface area contributed by atoms with Crippen LogP contribution in [0.1, 0.15) is 5.56 Å². The van der Waals surface area contributed by atoms with E-state index in [1.165, 1.54) is 22.2 Å². The van der Waals surface area contributed by atoms with Gasteiger partial charge in [0.2, 0.25) is 4.96 Å². The molecule has 0 unspecified atom stereocenters. The fraction of sp³-hybridized carbons (Fsp3) is 0. The van der Waals surface area contributed by atoms with Crippen LogP contribution in [0.25, 0.3) is 11.0 Å². The van der Waals surface area contributed by atoms with Gasteiger partial charge in [-0.25, -0.2) is 4.98 Å². The van der Waals surface area contributed by atoms with Crippen LogP contribution in [0.5, 0.6) is 0 Å². The van der Waals surface area contributed by atoms with E-state index in [9.17, 15) is 4.79 Å². The molecule has 0 fully saturated rings. The third kappa shape index (κ3) is 1.40. The summed E-state index contributed by atoms with van der Waals surface area (Å²) in [6.07, 6.45) is 6.56. The summed E-state index contributed by atoms with van der Waals surface area (Å²) in [7, 11) is 0. The first-order chi connectivity index (χ1) is 7.84. The highest BCUT2D eigenvalue weighted by molar-refractivity contribution is 7.15. The summed E-state index contributed by atoms with van der Waals surface area (Å²) in [5.41, 5.74) is 0.755. The number of hydrogen-bond donors (Lipinski definition) is 0. The van der Waals surface area contributed by atoms with Crippen LogP contribution in [0.3, 0.4) is 0 Å². The van der Waals surface area contributed by atoms with Crippen molar-refractivity contribution in [3.05, 3.63) is 51.3 Å². The maximum Gasteiger partial charge on any atom is 0.291 e. The molecule has 0 atom stereocenters. The average molecular weight is 230 g/mol. The Bertz CT molecular complexity index is 731. The SMILES string of the molecule is O=c1/c(=C/c2cccnc2)sc2ncnn12. The summed E-state index contributed by atoms with van der Waals surface area (Å²) in [4.78, 5) is 20.4. The fourth-order valence-electron chi connectivity index (χ4n) is 1.39. The van der Waals surface area contributed by atoms with Crippen LogP contribution in [0.4, 0.5) is 0 Å². The average Bonchev–Trinajstić information content (AvgIpc) is 2.86. The number of rotatable bonds is 1. The van der Waals surface area contributed by atoms with E-state index < -0.39 is 0 Å². The number of hydrogen-bond acceptors (Lipinski definition) is 5. The van der Waals surface area contributed by atoms with Gasteiger partial charge in [0.05, 0.1) is 4.53 Å². The molecule has 3 aromatic rings. The van der Waals surface area contributed by atoms with Crippen LogP contribution in [0.15, 0.2) is 35.6 Å². The smallest absolute Gasteiger partial charge is 0.266 e. The van der Waals surface area contributed by atoms with Crippen LogP contribution < -0.4 is 10.1 Å². The molecule has 0 amide bonds. The Kier molecular flexibility index (Phi) is 2.00. The Labute approximate surface area is 93.7 Å². The van der Waals surface area contributed by atoms with E-state index in [2.05, 4.69) is 15.1 Å². The highest BCUT2D eigenvalue weighted by Crippen LogP contribution is 1.99. The molecule has 5 nitrogen and oxygen atoms in total. The van der Waals surface area contributed by atoms with Gasteiger partial charge in [-0.3, -0.25) is 9.78 Å². The normalized spacial score (nSPS) is 12.4. The van der Waals surface area contributed by atoms with E-state index in [1.807, 2.05) is 12.1 Å². The molecule has 0 aliphatic heterocycles. The van der Waals surface area contributed by atoms with Crippen molar-refractivity contribution in [2.45, 2.75) is 0 Å². The first-order valence-corrected chi connectivity index (χ1v) is 5.40. The van der Waals surface area contributed by atoms with E-state index in [0.717, 1.165) is 5.56 Å². The molecule has 3 rings (SSSR count). The Balaban J connectivity index is 2.27. The van der Waals surface area contributed by atoms with Crippen molar-refractivity contribution < 1.29 is 0 Å². The first-order valence-electron chi connectivity index (χ1n) is 4.59. The van der Waals surface area contributed by atoms with Crippen LogP contribution >= 0.6 is 11.3 Å². The van der Waals surface area contributed by atoms with Crippen LogP contribution in [-0.2, 0) is 0 Å². The Morgan fingerprint density at radius 1 is 1.44 bits per heavy atom. The number of fused-ring (bicyclic) bond motifs is 1. The van der Waals surface area contributed by atoms with Gasteiger partial charge in [-0.1, -0.05) is 17.4 Å². The molecule has 78 valence electrons. The van der Waals surface area contributed by atoms with Gasteiger partial charge in [0, 0.05) is 12.4 Å². The molecule has 0 aliphatic carbocycles. The van der Waals surface area contributed by atoms with E-state index in [1.54, 1.807) is 18.5 Å². The van der Waals surface area contributed by atoms with Crippen molar-refractivity contribution in [2.24, 2.45) is 0 Å². The van der Waals surface area contributed by atoms with Gasteiger partial charge >= 0.3 is 0 Å². The number of pyridine rings is 1. The minimum Gasteiger partial charge on any atom is -0.266 e. The Hall–Kier alpha value is -2.08. The molecule has 0 bridgehead atoms. The molecule has 0 radical (unpaired) electrons. The van der Waals surface area contributed by atoms with Crippen molar-refractivity contribution in [1.29, 1.82) is 0 Å². The van der Waals surface area contributed by atoms with Gasteiger partial charge in [-0.15, -0.1) is 0 Å². The molecular formula is C10H6N4OS. The second-order valence-electron chi connectivity index (χ2n) is 3.16. The third-order valence-corrected chi connectivity index (χ3v) is 3.08. The highest BCUT2D eigenvalue weighted by Gasteiger charge is 2.04. The first kappa shape index (κ1) is 9.17. The number of nitrogens with zero attached hydrogens (tertiary/aromatic N) is 4. The lowest BCUT2D eigenvalue weighted by atomic mass is 10.3. The molecule has 0 N–H and O–H groups in total. The molecule has 3 aromatic heterocycles. The maximum atomic E-state index is 11.8. The zero-order valence-electron chi connectivity index (χ0n) is 8.07. The van der Waals surface area contributed by atoms with Gasteiger partial charge < -0.3 is 0 Å². The lowest BCUT2D eigenvalue weighted by Gasteiger charge is -1.86. The number of aromatic nitrogens is 4. The predicted molar refractivity (Wildman–Crippen MR) is 60.2 cm³/mol. The van der Waals surface area contributed by atoms with Gasteiger partial charge in [0.25, 0.3) is 5.56 Å². The van der Waals surface area contributed by atoms with Crippen LogP contribution in [-0.4, -0.2) is 19.6 Å². The Morgan fingerprint density at radius 2 is 2.38 bits per heavy atom. The third-order valence-electron chi connectivity index (χ3n) is 2.10.